The van der Waals surface area contributed by atoms with Crippen molar-refractivity contribution in [2.24, 2.45) is 0 Å². The normalized spacial score (nSPS) is 10.9. The van der Waals surface area contributed by atoms with Gasteiger partial charge in [0.25, 0.3) is 5.91 Å². The standard InChI is InChI=1S/C30H21Cl2IN2O3/c31-24-8-7-22(27(32)16-24)19-38-29-13-6-21(15-28(29)33)14-23(17-34)30(36)35-25-9-11-26(12-10-25)37-18-20-4-2-1-3-5-20/h1-16H,18-19H2,(H,35,36)/b23-14+. The lowest BCUT2D eigenvalue weighted by Crippen LogP contribution is -2.13. The lowest BCUT2D eigenvalue weighted by atomic mass is 10.1. The predicted octanol–water partition coefficient (Wildman–Crippen LogP) is 8.30. The first-order chi connectivity index (χ1) is 18.4. The van der Waals surface area contributed by atoms with E-state index in [-0.39, 0.29) is 12.2 Å². The summed E-state index contributed by atoms with van der Waals surface area (Å²) in [7, 11) is 0. The fourth-order valence-electron chi connectivity index (χ4n) is 3.41. The third-order valence-electron chi connectivity index (χ3n) is 5.39. The van der Waals surface area contributed by atoms with Crippen LogP contribution in [-0.4, -0.2) is 5.91 Å². The molecule has 0 fully saturated rings. The number of benzene rings is 4. The molecule has 5 nitrogen and oxygen atoms in total. The number of hydrogen-bond acceptors (Lipinski definition) is 4. The number of rotatable bonds is 9. The number of carbonyl (C=O) groups is 1. The fraction of sp³-hybridized carbons (Fsp3) is 0.0667. The minimum absolute atomic E-state index is 0.0215. The van der Waals surface area contributed by atoms with Crippen molar-refractivity contribution in [1.82, 2.24) is 0 Å². The van der Waals surface area contributed by atoms with Gasteiger partial charge in [-0.3, -0.25) is 4.79 Å². The topological polar surface area (TPSA) is 71.3 Å². The third kappa shape index (κ3) is 7.75. The highest BCUT2D eigenvalue weighted by molar-refractivity contribution is 14.1. The van der Waals surface area contributed by atoms with E-state index >= 15 is 0 Å². The zero-order valence-electron chi connectivity index (χ0n) is 20.0. The van der Waals surface area contributed by atoms with Crippen molar-refractivity contribution in [1.29, 1.82) is 5.26 Å². The van der Waals surface area contributed by atoms with Crippen molar-refractivity contribution in [2.45, 2.75) is 13.2 Å². The number of carbonyl (C=O) groups excluding carboxylic acids is 1. The highest BCUT2D eigenvalue weighted by Gasteiger charge is 2.11. The minimum atomic E-state index is -0.502. The van der Waals surface area contributed by atoms with Gasteiger partial charge < -0.3 is 14.8 Å². The number of anilines is 1. The molecule has 0 aliphatic rings. The van der Waals surface area contributed by atoms with Crippen LogP contribution in [0.15, 0.2) is 96.6 Å². The van der Waals surface area contributed by atoms with Crippen LogP contribution in [0.2, 0.25) is 10.0 Å². The average molecular weight is 655 g/mol. The zero-order chi connectivity index (χ0) is 26.9. The van der Waals surface area contributed by atoms with E-state index in [1.807, 2.05) is 48.5 Å². The Morgan fingerprint density at radius 1 is 0.921 bits per heavy atom. The summed E-state index contributed by atoms with van der Waals surface area (Å²) in [5, 5.41) is 13.4. The molecule has 1 N–H and O–H groups in total. The lowest BCUT2D eigenvalue weighted by Gasteiger charge is -2.11. The van der Waals surface area contributed by atoms with Crippen LogP contribution in [0.25, 0.3) is 6.08 Å². The predicted molar refractivity (Wildman–Crippen MR) is 159 cm³/mol. The Labute approximate surface area is 244 Å². The van der Waals surface area contributed by atoms with Crippen LogP contribution in [0, 0.1) is 14.9 Å². The summed E-state index contributed by atoms with van der Waals surface area (Å²) < 4.78 is 12.5. The molecule has 0 saturated carbocycles. The van der Waals surface area contributed by atoms with E-state index < -0.39 is 5.91 Å². The van der Waals surface area contributed by atoms with E-state index in [1.165, 1.54) is 6.08 Å². The molecule has 1 amide bonds. The molecule has 0 aliphatic carbocycles. The zero-order valence-corrected chi connectivity index (χ0v) is 23.6. The van der Waals surface area contributed by atoms with Crippen LogP contribution in [0.5, 0.6) is 11.5 Å². The van der Waals surface area contributed by atoms with Crippen molar-refractivity contribution in [2.75, 3.05) is 5.32 Å². The second kappa shape index (κ2) is 13.3. The van der Waals surface area contributed by atoms with Gasteiger partial charge in [0.15, 0.2) is 0 Å². The average Bonchev–Trinajstić information content (AvgIpc) is 2.92. The lowest BCUT2D eigenvalue weighted by molar-refractivity contribution is -0.112. The summed E-state index contributed by atoms with van der Waals surface area (Å²) in [4.78, 5) is 12.7. The molecule has 0 saturated heterocycles. The smallest absolute Gasteiger partial charge is 0.266 e. The summed E-state index contributed by atoms with van der Waals surface area (Å²) >= 11 is 14.3. The molecular formula is C30H21Cl2IN2O3. The van der Waals surface area contributed by atoms with Crippen LogP contribution < -0.4 is 14.8 Å². The van der Waals surface area contributed by atoms with Crippen LogP contribution in [0.4, 0.5) is 5.69 Å². The van der Waals surface area contributed by atoms with Crippen LogP contribution >= 0.6 is 45.8 Å². The van der Waals surface area contributed by atoms with E-state index in [4.69, 9.17) is 32.7 Å². The first kappa shape index (κ1) is 27.5. The SMILES string of the molecule is N#C/C(=C\c1ccc(OCc2ccc(Cl)cc2Cl)c(I)c1)C(=O)Nc1ccc(OCc2ccccc2)cc1. The Balaban J connectivity index is 1.36. The van der Waals surface area contributed by atoms with Crippen molar-refractivity contribution in [3.8, 4) is 17.6 Å². The number of nitrogens with zero attached hydrogens (tertiary/aromatic N) is 1. The molecule has 4 aromatic carbocycles. The molecular weight excluding hydrogens is 634 g/mol. The summed E-state index contributed by atoms with van der Waals surface area (Å²) in [5.74, 6) is 0.836. The van der Waals surface area contributed by atoms with Gasteiger partial charge in [-0.1, -0.05) is 65.7 Å². The van der Waals surface area contributed by atoms with Gasteiger partial charge in [0.05, 0.1) is 3.57 Å². The number of halogens is 3. The number of amides is 1. The van der Waals surface area contributed by atoms with Crippen molar-refractivity contribution in [3.05, 3.63) is 127 Å². The van der Waals surface area contributed by atoms with Gasteiger partial charge >= 0.3 is 0 Å². The highest BCUT2D eigenvalue weighted by Crippen LogP contribution is 2.27. The Kier molecular flexibility index (Phi) is 9.66. The van der Waals surface area contributed by atoms with Gasteiger partial charge in [0, 0.05) is 21.3 Å². The Morgan fingerprint density at radius 3 is 2.37 bits per heavy atom. The molecule has 8 heteroatoms. The number of nitrogens with one attached hydrogen (secondary N) is 1. The Hall–Kier alpha value is -3.51. The van der Waals surface area contributed by atoms with Crippen LogP contribution in [0.1, 0.15) is 16.7 Å². The first-order valence-corrected chi connectivity index (χ1v) is 13.3. The van der Waals surface area contributed by atoms with Gasteiger partial charge in [-0.25, -0.2) is 0 Å². The molecule has 4 aromatic rings. The molecule has 190 valence electrons. The first-order valence-electron chi connectivity index (χ1n) is 11.5. The molecule has 38 heavy (non-hydrogen) atoms. The molecule has 0 unspecified atom stereocenters. The molecule has 0 heterocycles. The van der Waals surface area contributed by atoms with E-state index in [0.29, 0.717) is 39.4 Å². The molecule has 0 spiro atoms. The Morgan fingerprint density at radius 2 is 1.68 bits per heavy atom. The number of ether oxygens (including phenoxy) is 2. The molecule has 0 aliphatic heterocycles. The number of nitriles is 1. The van der Waals surface area contributed by atoms with Crippen LogP contribution in [0.3, 0.4) is 0 Å². The van der Waals surface area contributed by atoms with Gasteiger partial charge in [-0.05, 0) is 88.3 Å². The van der Waals surface area contributed by atoms with E-state index in [9.17, 15) is 10.1 Å². The maximum absolute atomic E-state index is 12.7. The molecule has 0 radical (unpaired) electrons. The van der Waals surface area contributed by atoms with Crippen molar-refractivity contribution in [3.63, 3.8) is 0 Å². The third-order valence-corrected chi connectivity index (χ3v) is 6.82. The maximum Gasteiger partial charge on any atom is 0.266 e. The van der Waals surface area contributed by atoms with Crippen molar-refractivity contribution >= 4 is 63.5 Å². The summed E-state index contributed by atoms with van der Waals surface area (Å²) in [6.45, 7) is 0.731. The minimum Gasteiger partial charge on any atom is -0.489 e. The highest BCUT2D eigenvalue weighted by atomic mass is 127. The molecule has 0 atom stereocenters. The molecule has 0 bridgehead atoms. The quantitative estimate of drug-likeness (QED) is 0.112. The van der Waals surface area contributed by atoms with Gasteiger partial charge in [-0.2, -0.15) is 5.26 Å². The summed E-state index contributed by atoms with van der Waals surface area (Å²) in [6.07, 6.45) is 1.54. The second-order valence-electron chi connectivity index (χ2n) is 8.14. The number of hydrogen-bond donors (Lipinski definition) is 1. The molecule has 4 rings (SSSR count). The van der Waals surface area contributed by atoms with Crippen LogP contribution in [-0.2, 0) is 18.0 Å². The fourth-order valence-corrected chi connectivity index (χ4v) is 4.57. The van der Waals surface area contributed by atoms with Gasteiger partial charge in [-0.15, -0.1) is 0 Å². The molecule has 0 aromatic heterocycles. The summed E-state index contributed by atoms with van der Waals surface area (Å²) in [6, 6.07) is 29.5. The van der Waals surface area contributed by atoms with Crippen molar-refractivity contribution < 1.29 is 14.3 Å². The Bertz CT molecular complexity index is 1500. The van der Waals surface area contributed by atoms with E-state index in [1.54, 1.807) is 48.5 Å². The van der Waals surface area contributed by atoms with Gasteiger partial charge in [0.2, 0.25) is 0 Å². The second-order valence-corrected chi connectivity index (χ2v) is 10.1. The maximum atomic E-state index is 12.7. The van der Waals surface area contributed by atoms with Gasteiger partial charge in [0.1, 0.15) is 36.4 Å². The summed E-state index contributed by atoms with van der Waals surface area (Å²) in [5.41, 5.74) is 3.11. The largest absolute Gasteiger partial charge is 0.489 e. The van der Waals surface area contributed by atoms with E-state index in [2.05, 4.69) is 27.9 Å². The van der Waals surface area contributed by atoms with E-state index in [0.717, 1.165) is 14.7 Å². The monoisotopic (exact) mass is 654 g/mol.